The van der Waals surface area contributed by atoms with E-state index in [1.165, 1.54) is 13.2 Å². The fourth-order valence-electron chi connectivity index (χ4n) is 2.12. The van der Waals surface area contributed by atoms with Crippen LogP contribution in [0, 0.1) is 10.1 Å². The van der Waals surface area contributed by atoms with Gasteiger partial charge in [0.15, 0.2) is 5.79 Å². The number of hydrogen-bond acceptors (Lipinski definition) is 5. The van der Waals surface area contributed by atoms with Crippen molar-refractivity contribution in [3.05, 3.63) is 33.9 Å². The van der Waals surface area contributed by atoms with Gasteiger partial charge in [-0.2, -0.15) is 0 Å². The molecule has 1 unspecified atom stereocenters. The minimum Gasteiger partial charge on any atom is -0.497 e. The molecule has 0 aliphatic carbocycles. The number of hydrogen-bond donors (Lipinski definition) is 0. The maximum absolute atomic E-state index is 11.1. The Hall–Kier alpha value is -1.66. The molecule has 6 nitrogen and oxygen atoms in total. The second-order valence-corrected chi connectivity index (χ2v) is 4.91. The van der Waals surface area contributed by atoms with Crippen LogP contribution >= 0.6 is 0 Å². The van der Waals surface area contributed by atoms with E-state index in [-0.39, 0.29) is 11.8 Å². The van der Waals surface area contributed by atoms with E-state index < -0.39 is 10.7 Å². The highest BCUT2D eigenvalue weighted by atomic mass is 16.7. The van der Waals surface area contributed by atoms with Gasteiger partial charge in [0.2, 0.25) is 0 Å². The topological polar surface area (TPSA) is 70.8 Å². The van der Waals surface area contributed by atoms with Crippen LogP contribution in [-0.4, -0.2) is 30.5 Å². The van der Waals surface area contributed by atoms with Crippen LogP contribution in [0.1, 0.15) is 19.4 Å². The largest absolute Gasteiger partial charge is 0.497 e. The lowest BCUT2D eigenvalue weighted by Gasteiger charge is -2.17. The average Bonchev–Trinajstić information content (AvgIpc) is 2.69. The van der Waals surface area contributed by atoms with Crippen molar-refractivity contribution in [2.45, 2.75) is 32.2 Å². The Morgan fingerprint density at radius 2 is 2.26 bits per heavy atom. The van der Waals surface area contributed by atoms with Crippen molar-refractivity contribution < 1.29 is 19.1 Å². The van der Waals surface area contributed by atoms with E-state index in [0.29, 0.717) is 24.3 Å². The molecule has 1 fully saturated rings. The third-order valence-corrected chi connectivity index (χ3v) is 3.00. The Kier molecular flexibility index (Phi) is 3.73. The molecule has 0 amide bonds. The third-order valence-electron chi connectivity index (χ3n) is 3.00. The van der Waals surface area contributed by atoms with Gasteiger partial charge >= 0.3 is 0 Å². The SMILES string of the molecule is COc1ccc(CC2COC(C)(C)O2)c([N+](=O)[O-])c1. The molecule has 1 saturated heterocycles. The molecule has 0 bridgehead atoms. The summed E-state index contributed by atoms with van der Waals surface area (Å²) in [6, 6.07) is 4.84. The van der Waals surface area contributed by atoms with E-state index in [9.17, 15) is 10.1 Å². The second-order valence-electron chi connectivity index (χ2n) is 4.91. The van der Waals surface area contributed by atoms with Gasteiger partial charge in [-0.15, -0.1) is 0 Å². The Morgan fingerprint density at radius 3 is 2.79 bits per heavy atom. The van der Waals surface area contributed by atoms with Crippen LogP contribution < -0.4 is 4.74 Å². The normalized spacial score (nSPS) is 21.3. The average molecular weight is 267 g/mol. The summed E-state index contributed by atoms with van der Waals surface area (Å²) < 4.78 is 16.1. The lowest BCUT2D eigenvalue weighted by molar-refractivity contribution is -0.385. The zero-order valence-corrected chi connectivity index (χ0v) is 11.2. The molecule has 0 N–H and O–H groups in total. The fourth-order valence-corrected chi connectivity index (χ4v) is 2.12. The van der Waals surface area contributed by atoms with Crippen LogP contribution in [0.25, 0.3) is 0 Å². The summed E-state index contributed by atoms with van der Waals surface area (Å²) in [5.74, 6) is -0.147. The number of rotatable bonds is 4. The molecule has 1 aromatic rings. The molecule has 1 aromatic carbocycles. The standard InChI is InChI=1S/C13H17NO5/c1-13(2)18-8-11(19-13)6-9-4-5-10(17-3)7-12(9)14(15)16/h4-5,7,11H,6,8H2,1-3H3. The summed E-state index contributed by atoms with van der Waals surface area (Å²) in [4.78, 5) is 10.7. The zero-order chi connectivity index (χ0) is 14.0. The summed E-state index contributed by atoms with van der Waals surface area (Å²) in [6.45, 7) is 4.10. The smallest absolute Gasteiger partial charge is 0.276 e. The van der Waals surface area contributed by atoms with E-state index in [4.69, 9.17) is 14.2 Å². The Labute approximate surface area is 111 Å². The van der Waals surface area contributed by atoms with Gasteiger partial charge in [-0.25, -0.2) is 0 Å². The van der Waals surface area contributed by atoms with Crippen LogP contribution in [0.3, 0.4) is 0 Å². The Balaban J connectivity index is 2.18. The monoisotopic (exact) mass is 267 g/mol. The van der Waals surface area contributed by atoms with Crippen LogP contribution in [0.5, 0.6) is 5.75 Å². The molecule has 0 aromatic heterocycles. The molecule has 1 atom stereocenters. The lowest BCUT2D eigenvalue weighted by Crippen LogP contribution is -2.22. The van der Waals surface area contributed by atoms with Crippen LogP contribution in [-0.2, 0) is 15.9 Å². The molecule has 1 aliphatic rings. The molecule has 1 aliphatic heterocycles. The molecular weight excluding hydrogens is 250 g/mol. The first kappa shape index (κ1) is 13.8. The van der Waals surface area contributed by atoms with Gasteiger partial charge in [0, 0.05) is 12.0 Å². The molecule has 2 rings (SSSR count). The Bertz CT molecular complexity index is 486. The Morgan fingerprint density at radius 1 is 1.53 bits per heavy atom. The molecule has 0 saturated carbocycles. The summed E-state index contributed by atoms with van der Waals surface area (Å²) in [5, 5.41) is 11.1. The number of nitro benzene ring substituents is 1. The summed E-state index contributed by atoms with van der Waals surface area (Å²) in [6.07, 6.45) is 0.283. The van der Waals surface area contributed by atoms with Crippen molar-refractivity contribution in [2.75, 3.05) is 13.7 Å². The van der Waals surface area contributed by atoms with Gasteiger partial charge in [-0.1, -0.05) is 0 Å². The van der Waals surface area contributed by atoms with Gasteiger partial charge in [0.1, 0.15) is 5.75 Å². The number of nitro groups is 1. The van der Waals surface area contributed by atoms with Crippen molar-refractivity contribution >= 4 is 5.69 Å². The van der Waals surface area contributed by atoms with Gasteiger partial charge in [0.05, 0.1) is 30.8 Å². The predicted octanol–water partition coefficient (Wildman–Crippen LogP) is 2.30. The van der Waals surface area contributed by atoms with Gasteiger partial charge in [0.25, 0.3) is 5.69 Å². The van der Waals surface area contributed by atoms with E-state index in [1.807, 2.05) is 13.8 Å². The molecule has 1 heterocycles. The first-order chi connectivity index (χ1) is 8.91. The second kappa shape index (κ2) is 5.14. The molecule has 0 spiro atoms. The van der Waals surface area contributed by atoms with Gasteiger partial charge in [-0.3, -0.25) is 10.1 Å². The minimum absolute atomic E-state index is 0.0488. The fraction of sp³-hybridized carbons (Fsp3) is 0.538. The first-order valence-electron chi connectivity index (χ1n) is 6.04. The summed E-state index contributed by atoms with van der Waals surface area (Å²) >= 11 is 0. The molecule has 6 heteroatoms. The lowest BCUT2D eigenvalue weighted by atomic mass is 10.1. The number of ether oxygens (including phenoxy) is 3. The van der Waals surface area contributed by atoms with Gasteiger partial charge in [-0.05, 0) is 26.0 Å². The molecule has 0 radical (unpaired) electrons. The molecule has 104 valence electrons. The molecular formula is C13H17NO5. The van der Waals surface area contributed by atoms with E-state index in [0.717, 1.165) is 0 Å². The van der Waals surface area contributed by atoms with Crippen LogP contribution in [0.4, 0.5) is 5.69 Å². The van der Waals surface area contributed by atoms with Crippen molar-refractivity contribution in [3.8, 4) is 5.75 Å². The number of benzene rings is 1. The zero-order valence-electron chi connectivity index (χ0n) is 11.2. The highest BCUT2D eigenvalue weighted by Crippen LogP contribution is 2.29. The number of nitrogens with zero attached hydrogens (tertiary/aromatic N) is 1. The maximum Gasteiger partial charge on any atom is 0.276 e. The maximum atomic E-state index is 11.1. The quantitative estimate of drug-likeness (QED) is 0.618. The minimum atomic E-state index is -0.619. The van der Waals surface area contributed by atoms with Crippen molar-refractivity contribution in [2.24, 2.45) is 0 Å². The van der Waals surface area contributed by atoms with Crippen molar-refractivity contribution in [3.63, 3.8) is 0 Å². The highest BCUT2D eigenvalue weighted by molar-refractivity contribution is 5.46. The van der Waals surface area contributed by atoms with Gasteiger partial charge < -0.3 is 14.2 Å². The first-order valence-corrected chi connectivity index (χ1v) is 6.04. The molecule has 19 heavy (non-hydrogen) atoms. The third kappa shape index (κ3) is 3.21. The van der Waals surface area contributed by atoms with Crippen LogP contribution in [0.2, 0.25) is 0 Å². The van der Waals surface area contributed by atoms with Crippen molar-refractivity contribution in [1.29, 1.82) is 0 Å². The highest BCUT2D eigenvalue weighted by Gasteiger charge is 2.33. The summed E-state index contributed by atoms with van der Waals surface area (Å²) in [7, 11) is 1.48. The van der Waals surface area contributed by atoms with E-state index >= 15 is 0 Å². The predicted molar refractivity (Wildman–Crippen MR) is 68.3 cm³/mol. The van der Waals surface area contributed by atoms with E-state index in [1.54, 1.807) is 12.1 Å². The van der Waals surface area contributed by atoms with Crippen molar-refractivity contribution in [1.82, 2.24) is 0 Å². The number of methoxy groups -OCH3 is 1. The van der Waals surface area contributed by atoms with E-state index in [2.05, 4.69) is 0 Å². The summed E-state index contributed by atoms with van der Waals surface area (Å²) in [5.41, 5.74) is 0.671. The van der Waals surface area contributed by atoms with Crippen LogP contribution in [0.15, 0.2) is 18.2 Å².